The van der Waals surface area contributed by atoms with Gasteiger partial charge in [0.25, 0.3) is 0 Å². The third kappa shape index (κ3) is 4.28. The largest absolute Gasteiger partial charge is 0.478 e. The summed E-state index contributed by atoms with van der Waals surface area (Å²) in [5.74, 6) is -0.928. The van der Waals surface area contributed by atoms with Crippen LogP contribution in [-0.2, 0) is 17.5 Å². The maximum absolute atomic E-state index is 13.9. The van der Waals surface area contributed by atoms with Gasteiger partial charge in [-0.15, -0.1) is 0 Å². The van der Waals surface area contributed by atoms with E-state index in [1.165, 1.54) is 30.3 Å². The number of rotatable bonds is 5. The molecule has 3 aromatic rings. The monoisotopic (exact) mass is 453 g/mol. The molecule has 0 atom stereocenters. The van der Waals surface area contributed by atoms with Gasteiger partial charge in [0.1, 0.15) is 18.1 Å². The summed E-state index contributed by atoms with van der Waals surface area (Å²) in [4.78, 5) is 15.1. The van der Waals surface area contributed by atoms with Crippen molar-refractivity contribution < 1.29 is 27.1 Å². The van der Waals surface area contributed by atoms with Crippen LogP contribution in [0.4, 0.5) is 13.2 Å². The van der Waals surface area contributed by atoms with Gasteiger partial charge >= 0.3 is 6.18 Å². The smallest absolute Gasteiger partial charge is 0.450 e. The minimum Gasteiger partial charge on any atom is -0.478 e. The highest BCUT2D eigenvalue weighted by molar-refractivity contribution is 6.30. The van der Waals surface area contributed by atoms with Crippen molar-refractivity contribution in [3.63, 3.8) is 0 Å². The fourth-order valence-corrected chi connectivity index (χ4v) is 3.79. The first-order valence-electron chi connectivity index (χ1n) is 9.59. The molecule has 0 fully saturated rings. The van der Waals surface area contributed by atoms with Gasteiger partial charge in [-0.2, -0.15) is 13.2 Å². The minimum absolute atomic E-state index is 0.0686. The SMILES string of the molecule is COCCCN1COc2ccc3c(=O)c(-c4ccc(Cl)cc4)c(C(F)(F)F)oc3c2C1. The summed E-state index contributed by atoms with van der Waals surface area (Å²) in [5, 5.41) is 0.418. The molecule has 1 aliphatic heterocycles. The molecule has 164 valence electrons. The number of hydrogen-bond donors (Lipinski definition) is 0. The van der Waals surface area contributed by atoms with Gasteiger partial charge in [-0.1, -0.05) is 23.7 Å². The standard InChI is InChI=1S/C22H19ClF3NO4/c1-29-10-2-9-27-11-16-17(30-12-27)8-7-15-19(28)18(13-3-5-14(23)6-4-13)21(22(24,25)26)31-20(15)16/h3-8H,2,9-12H2,1H3. The van der Waals surface area contributed by atoms with Crippen LogP contribution in [0.1, 0.15) is 17.7 Å². The molecule has 0 saturated heterocycles. The molecule has 9 heteroatoms. The summed E-state index contributed by atoms with van der Waals surface area (Å²) in [6, 6.07) is 8.64. The van der Waals surface area contributed by atoms with Gasteiger partial charge in [0.05, 0.1) is 16.5 Å². The van der Waals surface area contributed by atoms with Crippen LogP contribution in [0, 0.1) is 0 Å². The number of fused-ring (bicyclic) bond motifs is 3. The van der Waals surface area contributed by atoms with Crippen molar-refractivity contribution in [2.75, 3.05) is 27.0 Å². The molecule has 0 bridgehead atoms. The van der Waals surface area contributed by atoms with E-state index in [-0.39, 0.29) is 16.5 Å². The Bertz CT molecular complexity index is 1160. The molecule has 0 N–H and O–H groups in total. The fraction of sp³-hybridized carbons (Fsp3) is 0.318. The number of benzene rings is 2. The summed E-state index contributed by atoms with van der Waals surface area (Å²) in [5.41, 5.74) is -0.890. The van der Waals surface area contributed by atoms with E-state index in [0.717, 1.165) is 6.42 Å². The lowest BCUT2D eigenvalue weighted by atomic mass is 10.00. The lowest BCUT2D eigenvalue weighted by Crippen LogP contribution is -2.33. The number of halogens is 4. The molecule has 0 radical (unpaired) electrons. The van der Waals surface area contributed by atoms with Gasteiger partial charge in [-0.3, -0.25) is 9.69 Å². The van der Waals surface area contributed by atoms with Gasteiger partial charge in [0.2, 0.25) is 11.2 Å². The number of alkyl halides is 3. The maximum atomic E-state index is 13.9. The van der Waals surface area contributed by atoms with Crippen molar-refractivity contribution in [1.29, 1.82) is 0 Å². The lowest BCUT2D eigenvalue weighted by molar-refractivity contribution is -0.152. The van der Waals surface area contributed by atoms with E-state index in [0.29, 0.717) is 42.8 Å². The van der Waals surface area contributed by atoms with Crippen LogP contribution in [0.3, 0.4) is 0 Å². The molecule has 0 spiro atoms. The average Bonchev–Trinajstić information content (AvgIpc) is 2.74. The van der Waals surface area contributed by atoms with Crippen LogP contribution in [-0.4, -0.2) is 31.9 Å². The Morgan fingerprint density at radius 1 is 1.16 bits per heavy atom. The second-order valence-electron chi connectivity index (χ2n) is 7.23. The fourth-order valence-electron chi connectivity index (χ4n) is 3.67. The predicted molar refractivity (Wildman–Crippen MR) is 110 cm³/mol. The molecule has 31 heavy (non-hydrogen) atoms. The number of methoxy groups -OCH3 is 1. The molecule has 0 aliphatic carbocycles. The topological polar surface area (TPSA) is 51.9 Å². The van der Waals surface area contributed by atoms with E-state index >= 15 is 0 Å². The van der Waals surface area contributed by atoms with E-state index in [4.69, 9.17) is 25.5 Å². The molecule has 2 heterocycles. The Labute approximate surface area is 180 Å². The van der Waals surface area contributed by atoms with Crippen molar-refractivity contribution >= 4 is 22.6 Å². The van der Waals surface area contributed by atoms with Crippen LogP contribution in [0.25, 0.3) is 22.1 Å². The molecule has 0 amide bonds. The number of ether oxygens (including phenoxy) is 2. The van der Waals surface area contributed by atoms with E-state index in [9.17, 15) is 18.0 Å². The van der Waals surface area contributed by atoms with Gasteiger partial charge in [0.15, 0.2) is 0 Å². The van der Waals surface area contributed by atoms with Crippen molar-refractivity contribution in [2.45, 2.75) is 19.1 Å². The molecule has 5 nitrogen and oxygen atoms in total. The van der Waals surface area contributed by atoms with E-state index in [1.807, 2.05) is 4.90 Å². The van der Waals surface area contributed by atoms with Gasteiger partial charge in [-0.25, -0.2) is 0 Å². The van der Waals surface area contributed by atoms with Gasteiger partial charge in [-0.05, 0) is 36.2 Å². The zero-order chi connectivity index (χ0) is 22.2. The Morgan fingerprint density at radius 2 is 1.90 bits per heavy atom. The molecule has 1 aliphatic rings. The molecule has 4 rings (SSSR count). The van der Waals surface area contributed by atoms with E-state index in [1.54, 1.807) is 13.2 Å². The highest BCUT2D eigenvalue weighted by atomic mass is 35.5. The van der Waals surface area contributed by atoms with Crippen LogP contribution < -0.4 is 10.2 Å². The predicted octanol–water partition coefficient (Wildman–Crippen LogP) is 5.32. The normalized spacial score (nSPS) is 14.5. The van der Waals surface area contributed by atoms with E-state index in [2.05, 4.69) is 0 Å². The first-order valence-corrected chi connectivity index (χ1v) is 9.97. The number of hydrogen-bond acceptors (Lipinski definition) is 5. The van der Waals surface area contributed by atoms with Crippen molar-refractivity contribution in [3.05, 3.63) is 63.0 Å². The van der Waals surface area contributed by atoms with Gasteiger partial charge < -0.3 is 13.9 Å². The first kappa shape index (κ1) is 21.7. The molecule has 2 aromatic carbocycles. The molecule has 0 saturated carbocycles. The zero-order valence-corrected chi connectivity index (χ0v) is 17.3. The highest BCUT2D eigenvalue weighted by Crippen LogP contribution is 2.40. The Morgan fingerprint density at radius 3 is 2.58 bits per heavy atom. The third-order valence-electron chi connectivity index (χ3n) is 5.12. The molecule has 1 aromatic heterocycles. The quantitative estimate of drug-likeness (QED) is 0.489. The van der Waals surface area contributed by atoms with Crippen molar-refractivity contribution in [2.24, 2.45) is 0 Å². The summed E-state index contributed by atoms with van der Waals surface area (Å²) in [7, 11) is 1.60. The summed E-state index contributed by atoms with van der Waals surface area (Å²) < 4.78 is 57.9. The van der Waals surface area contributed by atoms with Crippen LogP contribution >= 0.6 is 11.6 Å². The highest BCUT2D eigenvalue weighted by Gasteiger charge is 2.40. The second kappa shape index (κ2) is 8.53. The lowest BCUT2D eigenvalue weighted by Gasteiger charge is -2.29. The van der Waals surface area contributed by atoms with Crippen LogP contribution in [0.15, 0.2) is 45.6 Å². The summed E-state index contributed by atoms with van der Waals surface area (Å²) in [6.07, 6.45) is -4.13. The van der Waals surface area contributed by atoms with Crippen LogP contribution in [0.2, 0.25) is 5.02 Å². The first-order chi connectivity index (χ1) is 14.8. The van der Waals surface area contributed by atoms with Crippen LogP contribution in [0.5, 0.6) is 5.75 Å². The summed E-state index contributed by atoms with van der Waals surface area (Å²) >= 11 is 5.85. The third-order valence-corrected chi connectivity index (χ3v) is 5.37. The Kier molecular flexibility index (Phi) is 5.96. The molecular formula is C22H19ClF3NO4. The van der Waals surface area contributed by atoms with Crippen molar-refractivity contribution in [1.82, 2.24) is 4.90 Å². The molecule has 0 unspecified atom stereocenters. The maximum Gasteiger partial charge on any atom is 0.450 e. The number of nitrogens with zero attached hydrogens (tertiary/aromatic N) is 1. The zero-order valence-electron chi connectivity index (χ0n) is 16.6. The Balaban J connectivity index is 1.88. The second-order valence-corrected chi connectivity index (χ2v) is 7.67. The Hall–Kier alpha value is -2.55. The van der Waals surface area contributed by atoms with E-state index < -0.39 is 22.9 Å². The average molecular weight is 454 g/mol. The van der Waals surface area contributed by atoms with Crippen molar-refractivity contribution in [3.8, 4) is 16.9 Å². The summed E-state index contributed by atoms with van der Waals surface area (Å²) in [6.45, 7) is 1.78. The minimum atomic E-state index is -4.86. The molecular weight excluding hydrogens is 435 g/mol. The van der Waals surface area contributed by atoms with Gasteiger partial charge in [0, 0.05) is 31.8 Å².